The molecule has 10 heteroatoms. The highest BCUT2D eigenvalue weighted by atomic mass is 35.5. The number of ketones is 1. The Morgan fingerprint density at radius 3 is 2.53 bits per heavy atom. The number of carbonyl (C=O) groups is 1. The first kappa shape index (κ1) is 28.3. The highest BCUT2D eigenvalue weighted by molar-refractivity contribution is 6.33. The predicted octanol–water partition coefficient (Wildman–Crippen LogP) is 3.02. The molecule has 4 rings (SSSR count). The van der Waals surface area contributed by atoms with Crippen LogP contribution in [0.15, 0.2) is 23.9 Å². The van der Waals surface area contributed by atoms with Gasteiger partial charge in [0.15, 0.2) is 11.6 Å². The van der Waals surface area contributed by atoms with Gasteiger partial charge in [0, 0.05) is 42.5 Å². The van der Waals surface area contributed by atoms with Crippen LogP contribution in [0.2, 0.25) is 5.02 Å². The van der Waals surface area contributed by atoms with Crippen molar-refractivity contribution >= 4 is 28.8 Å². The van der Waals surface area contributed by atoms with E-state index in [0.717, 1.165) is 37.3 Å². The van der Waals surface area contributed by atoms with Crippen molar-refractivity contribution in [3.63, 3.8) is 0 Å². The van der Waals surface area contributed by atoms with Gasteiger partial charge in [0.2, 0.25) is 0 Å². The number of aliphatic hydroxyl groups is 1. The number of rotatable bonds is 10. The maximum atomic E-state index is 12.7. The zero-order valence-electron chi connectivity index (χ0n) is 22.8. The van der Waals surface area contributed by atoms with E-state index >= 15 is 0 Å². The molecule has 2 fully saturated rings. The third-order valence-electron chi connectivity index (χ3n) is 7.34. The zero-order chi connectivity index (χ0) is 27.4. The van der Waals surface area contributed by atoms with Crippen molar-refractivity contribution in [2.75, 3.05) is 51.3 Å². The Hall–Kier alpha value is -2.72. The van der Waals surface area contributed by atoms with E-state index in [2.05, 4.69) is 15.1 Å². The molecule has 0 unspecified atom stereocenters. The number of Topliss-reactive ketones (excluding diaryl/α,β-unsaturated/α-hetero) is 1. The summed E-state index contributed by atoms with van der Waals surface area (Å²) in [5, 5.41) is 13.4. The molecule has 38 heavy (non-hydrogen) atoms. The number of likely N-dealkylation sites (N-methyl/N-ethyl adjacent to an activating group) is 1. The molecule has 2 saturated heterocycles. The summed E-state index contributed by atoms with van der Waals surface area (Å²) in [7, 11) is 1.77. The fraction of sp³-hybridized carbons (Fsp3) is 0.536. The minimum Gasteiger partial charge on any atom is -0.491 e. The van der Waals surface area contributed by atoms with Crippen molar-refractivity contribution < 1.29 is 14.6 Å². The minimum absolute atomic E-state index is 0.128. The van der Waals surface area contributed by atoms with Crippen LogP contribution in [0.25, 0.3) is 17.0 Å². The molecule has 1 atom stereocenters. The van der Waals surface area contributed by atoms with Crippen LogP contribution in [-0.4, -0.2) is 84.3 Å². The average molecular weight is 543 g/mol. The standard InChI is InChI=1S/C28H39ClN6O3/c1-17-26(25(18(2)30)19(3)36)32-27(23-14-22(6-7-24(23)29)38-16-21(37)15-31-4)33-28(17)35-12-8-20(9-13-35)34-10-5-11-34/h6-7,14,20-21,31,37H,5,8-13,15-16,30H2,1-4H3/t21-/m1/s1. The van der Waals surface area contributed by atoms with E-state index in [1.165, 1.54) is 26.4 Å². The number of halogens is 1. The van der Waals surface area contributed by atoms with Crippen molar-refractivity contribution in [1.29, 1.82) is 0 Å². The van der Waals surface area contributed by atoms with Gasteiger partial charge in [0.25, 0.3) is 0 Å². The van der Waals surface area contributed by atoms with Crippen LogP contribution in [0, 0.1) is 6.92 Å². The number of ether oxygens (including phenoxy) is 1. The minimum atomic E-state index is -0.650. The second-order valence-electron chi connectivity index (χ2n) is 10.2. The first-order chi connectivity index (χ1) is 18.2. The van der Waals surface area contributed by atoms with E-state index in [1.807, 2.05) is 6.92 Å². The lowest BCUT2D eigenvalue weighted by atomic mass is 9.98. The van der Waals surface area contributed by atoms with E-state index in [0.29, 0.717) is 51.7 Å². The van der Waals surface area contributed by atoms with E-state index in [-0.39, 0.29) is 12.4 Å². The molecule has 3 heterocycles. The maximum absolute atomic E-state index is 12.7. The van der Waals surface area contributed by atoms with Gasteiger partial charge in [-0.3, -0.25) is 4.79 Å². The van der Waals surface area contributed by atoms with Crippen LogP contribution in [0.3, 0.4) is 0 Å². The van der Waals surface area contributed by atoms with Gasteiger partial charge in [0.05, 0.1) is 16.3 Å². The van der Waals surface area contributed by atoms with Gasteiger partial charge in [-0.05, 0) is 78.4 Å². The van der Waals surface area contributed by atoms with Crippen molar-refractivity contribution in [1.82, 2.24) is 20.2 Å². The Kier molecular flexibility index (Phi) is 9.25. The number of nitrogens with two attached hydrogens (primary N) is 1. The molecular weight excluding hydrogens is 504 g/mol. The SMILES string of the molecule is CNC[C@@H](O)COc1ccc(Cl)c(-c2nc(C(C(C)=O)=C(C)N)c(C)c(N3CCC(N4CCC4)CC3)n2)c1. The zero-order valence-corrected chi connectivity index (χ0v) is 23.5. The predicted molar refractivity (Wildman–Crippen MR) is 152 cm³/mol. The lowest BCUT2D eigenvalue weighted by molar-refractivity contribution is -0.111. The molecule has 4 N–H and O–H groups in total. The molecule has 1 aromatic carbocycles. The summed E-state index contributed by atoms with van der Waals surface area (Å²) in [4.78, 5) is 27.3. The molecule has 9 nitrogen and oxygen atoms in total. The van der Waals surface area contributed by atoms with Crippen molar-refractivity contribution in [3.8, 4) is 17.1 Å². The molecule has 0 spiro atoms. The molecule has 2 aromatic rings. The summed E-state index contributed by atoms with van der Waals surface area (Å²) in [6.07, 6.45) is 2.77. The van der Waals surface area contributed by atoms with Crippen molar-refractivity contribution in [2.45, 2.75) is 52.2 Å². The summed E-state index contributed by atoms with van der Waals surface area (Å²) >= 11 is 6.64. The molecule has 0 bridgehead atoms. The number of nitrogens with one attached hydrogen (secondary N) is 1. The van der Waals surface area contributed by atoms with Crippen LogP contribution in [0.1, 0.15) is 44.4 Å². The van der Waals surface area contributed by atoms with Crippen LogP contribution in [-0.2, 0) is 4.79 Å². The number of allylic oxidation sites excluding steroid dienone is 2. The average Bonchev–Trinajstić information content (AvgIpc) is 2.84. The number of carbonyl (C=O) groups excluding carboxylic acids is 1. The summed E-state index contributed by atoms with van der Waals surface area (Å²) in [6, 6.07) is 5.86. The van der Waals surface area contributed by atoms with E-state index < -0.39 is 6.10 Å². The first-order valence-electron chi connectivity index (χ1n) is 13.3. The molecule has 0 amide bonds. The molecule has 1 aromatic heterocycles. The van der Waals surface area contributed by atoms with Crippen LogP contribution >= 0.6 is 11.6 Å². The molecule has 2 aliphatic rings. The van der Waals surface area contributed by atoms with E-state index in [1.54, 1.807) is 32.2 Å². The molecule has 0 saturated carbocycles. The fourth-order valence-corrected chi connectivity index (χ4v) is 5.41. The van der Waals surface area contributed by atoms with Gasteiger partial charge < -0.3 is 30.7 Å². The number of nitrogens with zero attached hydrogens (tertiary/aromatic N) is 4. The summed E-state index contributed by atoms with van der Waals surface area (Å²) in [5.74, 6) is 1.58. The molecule has 2 aliphatic heterocycles. The van der Waals surface area contributed by atoms with Crippen molar-refractivity contribution in [3.05, 3.63) is 40.2 Å². The Bertz CT molecular complexity index is 1190. The molecule has 206 valence electrons. The second kappa shape index (κ2) is 12.4. The topological polar surface area (TPSA) is 117 Å². The van der Waals surface area contributed by atoms with Gasteiger partial charge >= 0.3 is 0 Å². The molecule has 0 aliphatic carbocycles. The fourth-order valence-electron chi connectivity index (χ4n) is 5.21. The second-order valence-corrected chi connectivity index (χ2v) is 10.6. The van der Waals surface area contributed by atoms with Crippen LogP contribution in [0.4, 0.5) is 5.82 Å². The monoisotopic (exact) mass is 542 g/mol. The quantitative estimate of drug-likeness (QED) is 0.389. The van der Waals surface area contributed by atoms with Gasteiger partial charge in [-0.15, -0.1) is 0 Å². The number of likely N-dealkylation sites (tertiary alicyclic amines) is 1. The number of hydrogen-bond donors (Lipinski definition) is 3. The number of piperidine rings is 1. The molecule has 0 radical (unpaired) electrons. The third-order valence-corrected chi connectivity index (χ3v) is 7.66. The number of aromatic nitrogens is 2. The lowest BCUT2D eigenvalue weighted by Gasteiger charge is -2.43. The van der Waals surface area contributed by atoms with Crippen molar-refractivity contribution in [2.24, 2.45) is 5.73 Å². The lowest BCUT2D eigenvalue weighted by Crippen LogP contribution is -2.50. The number of aliphatic hydroxyl groups excluding tert-OH is 1. The Morgan fingerprint density at radius 1 is 1.24 bits per heavy atom. The van der Waals surface area contributed by atoms with Gasteiger partial charge in [-0.25, -0.2) is 9.97 Å². The Labute approximate surface area is 230 Å². The van der Waals surface area contributed by atoms with Gasteiger partial charge in [-0.2, -0.15) is 0 Å². The largest absolute Gasteiger partial charge is 0.491 e. The van der Waals surface area contributed by atoms with Crippen LogP contribution in [0.5, 0.6) is 5.75 Å². The van der Waals surface area contributed by atoms with E-state index in [9.17, 15) is 9.90 Å². The Morgan fingerprint density at radius 2 is 1.95 bits per heavy atom. The highest BCUT2D eigenvalue weighted by Crippen LogP contribution is 2.35. The van der Waals surface area contributed by atoms with Gasteiger partial charge in [0.1, 0.15) is 24.3 Å². The van der Waals surface area contributed by atoms with E-state index in [4.69, 9.17) is 32.0 Å². The summed E-state index contributed by atoms with van der Waals surface area (Å²) in [6.45, 7) is 9.85. The van der Waals surface area contributed by atoms with Crippen LogP contribution < -0.4 is 20.7 Å². The maximum Gasteiger partial charge on any atom is 0.163 e. The summed E-state index contributed by atoms with van der Waals surface area (Å²) < 4.78 is 5.81. The Balaban J connectivity index is 1.73. The third kappa shape index (κ3) is 6.29. The number of anilines is 1. The first-order valence-corrected chi connectivity index (χ1v) is 13.7. The van der Waals surface area contributed by atoms with Gasteiger partial charge in [-0.1, -0.05) is 11.6 Å². The number of benzene rings is 1. The highest BCUT2D eigenvalue weighted by Gasteiger charge is 2.30. The smallest absolute Gasteiger partial charge is 0.163 e. The molecular formula is C28H39ClN6O3. The number of hydrogen-bond acceptors (Lipinski definition) is 9. The normalized spacial score (nSPS) is 18.1. The summed E-state index contributed by atoms with van der Waals surface area (Å²) in [5.41, 5.74) is 8.91.